The van der Waals surface area contributed by atoms with E-state index in [1.807, 2.05) is 13.8 Å². The molecule has 3 rings (SSSR count). The Bertz CT molecular complexity index is 689. The smallest absolute Gasteiger partial charge is 0.353 e. The van der Waals surface area contributed by atoms with Gasteiger partial charge in [0.15, 0.2) is 6.29 Å². The molecule has 1 aliphatic rings. The average Bonchev–Trinajstić information content (AvgIpc) is 2.90. The maximum Gasteiger partial charge on any atom is 0.416 e. The number of nitrogens with zero attached hydrogens (tertiary/aromatic N) is 1. The molecule has 0 atom stereocenters. The maximum atomic E-state index is 12.6. The fraction of sp³-hybridized carbons (Fsp3) is 0.471. The molecule has 0 unspecified atom stereocenters. The van der Waals surface area contributed by atoms with Gasteiger partial charge in [0.1, 0.15) is 5.01 Å². The van der Waals surface area contributed by atoms with Crippen LogP contribution in [-0.2, 0) is 22.1 Å². The summed E-state index contributed by atoms with van der Waals surface area (Å²) >= 11 is 1.52. The molecule has 2 heterocycles. The molecule has 7 heteroatoms. The fourth-order valence-corrected chi connectivity index (χ4v) is 3.74. The Morgan fingerprint density at radius 3 is 2.38 bits per heavy atom. The largest absolute Gasteiger partial charge is 0.416 e. The number of hydrogen-bond donors (Lipinski definition) is 0. The maximum absolute atomic E-state index is 12.6. The van der Waals surface area contributed by atoms with E-state index in [0.29, 0.717) is 18.8 Å². The predicted octanol–water partition coefficient (Wildman–Crippen LogP) is 4.69. The van der Waals surface area contributed by atoms with Gasteiger partial charge in [0.05, 0.1) is 24.5 Å². The van der Waals surface area contributed by atoms with Gasteiger partial charge < -0.3 is 9.47 Å². The van der Waals surface area contributed by atoms with Crippen LogP contribution in [0.15, 0.2) is 24.3 Å². The Labute approximate surface area is 142 Å². The number of ether oxygens (including phenoxy) is 2. The first kappa shape index (κ1) is 17.4. The quantitative estimate of drug-likeness (QED) is 0.799. The van der Waals surface area contributed by atoms with Crippen molar-refractivity contribution < 1.29 is 22.6 Å². The van der Waals surface area contributed by atoms with E-state index in [1.165, 1.54) is 23.5 Å². The van der Waals surface area contributed by atoms with Crippen molar-refractivity contribution in [3.63, 3.8) is 0 Å². The first-order valence-electron chi connectivity index (χ1n) is 7.70. The zero-order chi connectivity index (χ0) is 17.3. The zero-order valence-electron chi connectivity index (χ0n) is 13.4. The summed E-state index contributed by atoms with van der Waals surface area (Å²) in [7, 11) is 0. The molecule has 0 N–H and O–H groups in total. The topological polar surface area (TPSA) is 31.4 Å². The molecule has 1 aromatic heterocycles. The molecule has 0 saturated carbocycles. The molecule has 24 heavy (non-hydrogen) atoms. The zero-order valence-corrected chi connectivity index (χ0v) is 14.2. The summed E-state index contributed by atoms with van der Waals surface area (Å²) in [5.41, 5.74) is 0.964. The molecule has 1 saturated heterocycles. The van der Waals surface area contributed by atoms with Crippen molar-refractivity contribution in [1.29, 1.82) is 0 Å². The Morgan fingerprint density at radius 1 is 1.17 bits per heavy atom. The summed E-state index contributed by atoms with van der Waals surface area (Å²) in [5.74, 6) is 0.279. The first-order valence-corrected chi connectivity index (χ1v) is 8.51. The number of aromatic nitrogens is 1. The minimum Gasteiger partial charge on any atom is -0.353 e. The van der Waals surface area contributed by atoms with E-state index in [1.54, 1.807) is 0 Å². The third-order valence-electron chi connectivity index (χ3n) is 3.96. The second-order valence-electron chi connectivity index (χ2n) is 5.91. The molecule has 0 bridgehead atoms. The summed E-state index contributed by atoms with van der Waals surface area (Å²) in [6.45, 7) is 5.09. The van der Waals surface area contributed by atoms with Crippen molar-refractivity contribution in [2.75, 3.05) is 13.2 Å². The Kier molecular flexibility index (Phi) is 4.94. The molecule has 0 radical (unpaired) electrons. The molecule has 0 spiro atoms. The predicted molar refractivity (Wildman–Crippen MR) is 85.8 cm³/mol. The van der Waals surface area contributed by atoms with Gasteiger partial charge in [-0.3, -0.25) is 0 Å². The molecule has 1 fully saturated rings. The van der Waals surface area contributed by atoms with Crippen LogP contribution in [0, 0.1) is 12.8 Å². The highest BCUT2D eigenvalue weighted by atomic mass is 32.1. The monoisotopic (exact) mass is 357 g/mol. The summed E-state index contributed by atoms with van der Waals surface area (Å²) in [6, 6.07) is 5.13. The van der Waals surface area contributed by atoms with Crippen molar-refractivity contribution in [2.24, 2.45) is 5.92 Å². The van der Waals surface area contributed by atoms with Crippen LogP contribution in [0.2, 0.25) is 0 Å². The van der Waals surface area contributed by atoms with Crippen LogP contribution in [0.4, 0.5) is 13.2 Å². The van der Waals surface area contributed by atoms with E-state index >= 15 is 0 Å². The minimum absolute atomic E-state index is 0.161. The van der Waals surface area contributed by atoms with Gasteiger partial charge in [-0.2, -0.15) is 13.2 Å². The molecular weight excluding hydrogens is 339 g/mol. The van der Waals surface area contributed by atoms with Crippen LogP contribution < -0.4 is 0 Å². The normalized spacial score (nSPS) is 21.9. The van der Waals surface area contributed by atoms with Crippen molar-refractivity contribution in [2.45, 2.75) is 32.7 Å². The molecule has 0 aliphatic carbocycles. The number of rotatable bonds is 3. The molecule has 130 valence electrons. The third kappa shape index (κ3) is 3.96. The average molecular weight is 357 g/mol. The third-order valence-corrected chi connectivity index (χ3v) is 5.19. The summed E-state index contributed by atoms with van der Waals surface area (Å²) in [5, 5.41) is 0.738. The molecule has 1 aromatic carbocycles. The second kappa shape index (κ2) is 6.82. The van der Waals surface area contributed by atoms with E-state index in [4.69, 9.17) is 9.47 Å². The van der Waals surface area contributed by atoms with Gasteiger partial charge in [0.25, 0.3) is 0 Å². The first-order chi connectivity index (χ1) is 11.3. The van der Waals surface area contributed by atoms with Crippen LogP contribution in [0.3, 0.4) is 0 Å². The molecule has 3 nitrogen and oxygen atoms in total. The minimum atomic E-state index is -4.32. The van der Waals surface area contributed by atoms with E-state index in [9.17, 15) is 13.2 Å². The highest BCUT2D eigenvalue weighted by Crippen LogP contribution is 2.33. The van der Waals surface area contributed by atoms with Crippen LogP contribution >= 0.6 is 11.3 Å². The van der Waals surface area contributed by atoms with Gasteiger partial charge in [0, 0.05) is 16.4 Å². The van der Waals surface area contributed by atoms with Gasteiger partial charge in [-0.15, -0.1) is 11.3 Å². The van der Waals surface area contributed by atoms with Crippen molar-refractivity contribution >= 4 is 11.3 Å². The Hall–Kier alpha value is -1.44. The van der Waals surface area contributed by atoms with Gasteiger partial charge in [-0.05, 0) is 32.4 Å². The van der Waals surface area contributed by atoms with Crippen molar-refractivity contribution in [1.82, 2.24) is 4.98 Å². The Balaban J connectivity index is 1.74. The number of benzene rings is 1. The molecule has 0 amide bonds. The molecule has 1 aliphatic heterocycles. The lowest BCUT2D eigenvalue weighted by molar-refractivity contribution is -0.189. The van der Waals surface area contributed by atoms with Crippen LogP contribution in [0.1, 0.15) is 23.1 Å². The lowest BCUT2D eigenvalue weighted by atomic mass is 10.1. The van der Waals surface area contributed by atoms with Crippen LogP contribution in [0.5, 0.6) is 0 Å². The van der Waals surface area contributed by atoms with Crippen LogP contribution in [0.25, 0.3) is 10.6 Å². The molecular formula is C17H18F3NO2S. The summed E-state index contributed by atoms with van der Waals surface area (Å²) < 4.78 is 48.9. The Morgan fingerprint density at radius 2 is 1.79 bits per heavy atom. The van der Waals surface area contributed by atoms with Gasteiger partial charge in [-0.1, -0.05) is 12.1 Å². The standard InChI is InChI=1S/C17H18F3NO2S/c1-10-15(7-12-8-22-11(2)23-9-12)24-16(21-10)13-3-5-14(6-4-13)17(18,19)20/h3-6,11-12H,7-9H2,1-2H3. The van der Waals surface area contributed by atoms with E-state index in [2.05, 4.69) is 4.98 Å². The van der Waals surface area contributed by atoms with E-state index < -0.39 is 11.7 Å². The fourth-order valence-electron chi connectivity index (χ4n) is 2.56. The van der Waals surface area contributed by atoms with Crippen LogP contribution in [-0.4, -0.2) is 24.5 Å². The number of halogens is 3. The van der Waals surface area contributed by atoms with Gasteiger partial charge in [0.2, 0.25) is 0 Å². The van der Waals surface area contributed by atoms with E-state index in [-0.39, 0.29) is 12.2 Å². The number of aryl methyl sites for hydroxylation is 1. The van der Waals surface area contributed by atoms with Crippen molar-refractivity contribution in [3.05, 3.63) is 40.4 Å². The van der Waals surface area contributed by atoms with Gasteiger partial charge >= 0.3 is 6.18 Å². The number of hydrogen-bond acceptors (Lipinski definition) is 4. The summed E-state index contributed by atoms with van der Waals surface area (Å²) in [6.07, 6.45) is -3.68. The second-order valence-corrected chi connectivity index (χ2v) is 6.99. The van der Waals surface area contributed by atoms with E-state index in [0.717, 1.165) is 34.1 Å². The lowest BCUT2D eigenvalue weighted by Crippen LogP contribution is -2.31. The SMILES string of the molecule is Cc1nc(-c2ccc(C(F)(F)F)cc2)sc1CC1COC(C)OC1. The lowest BCUT2D eigenvalue weighted by Gasteiger charge is -2.26. The number of thiazole rings is 1. The highest BCUT2D eigenvalue weighted by molar-refractivity contribution is 7.15. The molecule has 2 aromatic rings. The van der Waals surface area contributed by atoms with Gasteiger partial charge in [-0.25, -0.2) is 4.98 Å². The number of alkyl halides is 3. The summed E-state index contributed by atoms with van der Waals surface area (Å²) in [4.78, 5) is 5.63. The van der Waals surface area contributed by atoms with Crippen molar-refractivity contribution in [3.8, 4) is 10.6 Å². The highest BCUT2D eigenvalue weighted by Gasteiger charge is 2.30.